The summed E-state index contributed by atoms with van der Waals surface area (Å²) in [5.41, 5.74) is 1.24. The monoisotopic (exact) mass is 197 g/mol. The maximum absolute atomic E-state index is 3.92. The highest BCUT2D eigenvalue weighted by atomic mass is 15.2. The smallest absolute Gasteiger partial charge is 0.0184 e. The SMILES string of the molecule is C=C(C)CN(C)CCN1CCNCC1. The van der Waals surface area contributed by atoms with Gasteiger partial charge in [-0.2, -0.15) is 0 Å². The molecular weight excluding hydrogens is 174 g/mol. The van der Waals surface area contributed by atoms with Crippen molar-refractivity contribution in [2.45, 2.75) is 6.92 Å². The van der Waals surface area contributed by atoms with Crippen LogP contribution in [0.2, 0.25) is 0 Å². The quantitative estimate of drug-likeness (QED) is 0.644. The third-order valence-corrected chi connectivity index (χ3v) is 2.55. The lowest BCUT2D eigenvalue weighted by Crippen LogP contribution is -2.46. The molecule has 0 aromatic heterocycles. The summed E-state index contributed by atoms with van der Waals surface area (Å²) in [4.78, 5) is 4.86. The van der Waals surface area contributed by atoms with Crippen molar-refractivity contribution < 1.29 is 0 Å². The van der Waals surface area contributed by atoms with E-state index in [4.69, 9.17) is 0 Å². The zero-order chi connectivity index (χ0) is 10.4. The molecule has 1 N–H and O–H groups in total. The van der Waals surface area contributed by atoms with Crippen molar-refractivity contribution in [3.05, 3.63) is 12.2 Å². The summed E-state index contributed by atoms with van der Waals surface area (Å²) < 4.78 is 0. The van der Waals surface area contributed by atoms with Crippen molar-refractivity contribution in [3.8, 4) is 0 Å². The molecule has 0 unspecified atom stereocenters. The van der Waals surface area contributed by atoms with Gasteiger partial charge in [-0.25, -0.2) is 0 Å². The van der Waals surface area contributed by atoms with Gasteiger partial charge in [-0.15, -0.1) is 0 Å². The minimum absolute atomic E-state index is 1.02. The summed E-state index contributed by atoms with van der Waals surface area (Å²) in [5, 5.41) is 3.37. The lowest BCUT2D eigenvalue weighted by Gasteiger charge is -2.29. The lowest BCUT2D eigenvalue weighted by molar-refractivity contribution is 0.210. The minimum Gasteiger partial charge on any atom is -0.314 e. The average molecular weight is 197 g/mol. The van der Waals surface area contributed by atoms with Gasteiger partial charge >= 0.3 is 0 Å². The van der Waals surface area contributed by atoms with Gasteiger partial charge in [0.05, 0.1) is 0 Å². The number of hydrogen-bond donors (Lipinski definition) is 1. The fourth-order valence-electron chi connectivity index (χ4n) is 1.79. The van der Waals surface area contributed by atoms with E-state index < -0.39 is 0 Å². The van der Waals surface area contributed by atoms with Crippen LogP contribution >= 0.6 is 0 Å². The molecule has 1 aliphatic rings. The van der Waals surface area contributed by atoms with E-state index in [2.05, 4.69) is 35.7 Å². The zero-order valence-electron chi connectivity index (χ0n) is 9.55. The van der Waals surface area contributed by atoms with Gasteiger partial charge in [0.15, 0.2) is 0 Å². The van der Waals surface area contributed by atoms with Crippen LogP contribution in [0.5, 0.6) is 0 Å². The Labute approximate surface area is 87.8 Å². The molecule has 0 aliphatic carbocycles. The summed E-state index contributed by atoms with van der Waals surface area (Å²) >= 11 is 0. The lowest BCUT2D eigenvalue weighted by atomic mass is 10.3. The summed E-state index contributed by atoms with van der Waals surface area (Å²) in [6.07, 6.45) is 0. The van der Waals surface area contributed by atoms with Crippen LogP contribution in [0.4, 0.5) is 0 Å². The molecule has 14 heavy (non-hydrogen) atoms. The summed E-state index contributed by atoms with van der Waals surface area (Å²) in [5.74, 6) is 0. The van der Waals surface area contributed by atoms with Crippen molar-refractivity contribution >= 4 is 0 Å². The largest absolute Gasteiger partial charge is 0.314 e. The van der Waals surface area contributed by atoms with Gasteiger partial charge in [0.25, 0.3) is 0 Å². The van der Waals surface area contributed by atoms with Gasteiger partial charge in [-0.3, -0.25) is 4.90 Å². The molecule has 0 amide bonds. The fourth-order valence-corrected chi connectivity index (χ4v) is 1.79. The van der Waals surface area contributed by atoms with Crippen LogP contribution in [0.25, 0.3) is 0 Å². The topological polar surface area (TPSA) is 18.5 Å². The molecule has 0 atom stereocenters. The van der Waals surface area contributed by atoms with E-state index in [9.17, 15) is 0 Å². The van der Waals surface area contributed by atoms with E-state index in [1.54, 1.807) is 0 Å². The van der Waals surface area contributed by atoms with E-state index in [1.165, 1.54) is 25.2 Å². The molecule has 3 heteroatoms. The van der Waals surface area contributed by atoms with E-state index >= 15 is 0 Å². The van der Waals surface area contributed by atoms with Gasteiger partial charge in [0.1, 0.15) is 0 Å². The second-order valence-electron chi connectivity index (χ2n) is 4.29. The van der Waals surface area contributed by atoms with Gasteiger partial charge < -0.3 is 10.2 Å². The molecule has 1 aliphatic heterocycles. The Morgan fingerprint density at radius 3 is 2.64 bits per heavy atom. The van der Waals surface area contributed by atoms with Crippen LogP contribution in [0.15, 0.2) is 12.2 Å². The Hall–Kier alpha value is -0.380. The van der Waals surface area contributed by atoms with Crippen LogP contribution < -0.4 is 5.32 Å². The number of nitrogens with one attached hydrogen (secondary N) is 1. The molecule has 1 rings (SSSR count). The van der Waals surface area contributed by atoms with E-state index in [0.717, 1.165) is 26.2 Å². The normalized spacial score (nSPS) is 18.8. The predicted octanol–water partition coefficient (Wildman–Crippen LogP) is 0.400. The number of rotatable bonds is 5. The first-order chi connectivity index (χ1) is 6.68. The molecule has 3 nitrogen and oxygen atoms in total. The van der Waals surface area contributed by atoms with Crippen molar-refractivity contribution in [1.82, 2.24) is 15.1 Å². The molecular formula is C11H23N3. The summed E-state index contributed by atoms with van der Waals surface area (Å²) in [6.45, 7) is 14.0. The van der Waals surface area contributed by atoms with Crippen LogP contribution in [-0.4, -0.2) is 62.7 Å². The Morgan fingerprint density at radius 1 is 1.43 bits per heavy atom. The van der Waals surface area contributed by atoms with Crippen LogP contribution in [0, 0.1) is 0 Å². The van der Waals surface area contributed by atoms with Crippen molar-refractivity contribution in [1.29, 1.82) is 0 Å². The van der Waals surface area contributed by atoms with E-state index in [-0.39, 0.29) is 0 Å². The summed E-state index contributed by atoms with van der Waals surface area (Å²) in [6, 6.07) is 0. The molecule has 1 heterocycles. The van der Waals surface area contributed by atoms with Crippen molar-refractivity contribution in [3.63, 3.8) is 0 Å². The predicted molar refractivity (Wildman–Crippen MR) is 61.6 cm³/mol. The molecule has 0 aromatic carbocycles. The highest BCUT2D eigenvalue weighted by molar-refractivity contribution is 4.91. The Balaban J connectivity index is 2.09. The number of likely N-dealkylation sites (N-methyl/N-ethyl adjacent to an activating group) is 1. The van der Waals surface area contributed by atoms with Crippen LogP contribution in [0.3, 0.4) is 0 Å². The highest BCUT2D eigenvalue weighted by Crippen LogP contribution is 1.95. The van der Waals surface area contributed by atoms with Crippen molar-refractivity contribution in [2.75, 3.05) is 52.9 Å². The average Bonchev–Trinajstić information content (AvgIpc) is 2.15. The highest BCUT2D eigenvalue weighted by Gasteiger charge is 2.09. The van der Waals surface area contributed by atoms with Gasteiger partial charge in [-0.05, 0) is 14.0 Å². The first-order valence-electron chi connectivity index (χ1n) is 5.44. The Kier molecular flexibility index (Phi) is 5.15. The second-order valence-corrected chi connectivity index (χ2v) is 4.29. The maximum atomic E-state index is 3.92. The molecule has 1 fully saturated rings. The van der Waals surface area contributed by atoms with Crippen LogP contribution in [-0.2, 0) is 0 Å². The zero-order valence-corrected chi connectivity index (χ0v) is 9.55. The fraction of sp³-hybridized carbons (Fsp3) is 0.818. The number of hydrogen-bond acceptors (Lipinski definition) is 3. The Morgan fingerprint density at radius 2 is 2.07 bits per heavy atom. The molecule has 0 saturated carbocycles. The van der Waals surface area contributed by atoms with E-state index in [0.29, 0.717) is 0 Å². The van der Waals surface area contributed by atoms with Crippen LogP contribution in [0.1, 0.15) is 6.92 Å². The first-order valence-corrected chi connectivity index (χ1v) is 5.44. The molecule has 1 saturated heterocycles. The third-order valence-electron chi connectivity index (χ3n) is 2.55. The number of piperazine rings is 1. The van der Waals surface area contributed by atoms with Gasteiger partial charge in [0.2, 0.25) is 0 Å². The third kappa shape index (κ3) is 4.74. The van der Waals surface area contributed by atoms with Gasteiger partial charge in [-0.1, -0.05) is 12.2 Å². The minimum atomic E-state index is 1.02. The van der Waals surface area contributed by atoms with Gasteiger partial charge in [0, 0.05) is 45.8 Å². The molecule has 0 radical (unpaired) electrons. The standard InChI is InChI=1S/C11H23N3/c1-11(2)10-13(3)8-9-14-6-4-12-5-7-14/h12H,1,4-10H2,2-3H3. The molecule has 0 aromatic rings. The summed E-state index contributed by atoms with van der Waals surface area (Å²) in [7, 11) is 2.16. The first kappa shape index (κ1) is 11.7. The van der Waals surface area contributed by atoms with Crippen molar-refractivity contribution in [2.24, 2.45) is 0 Å². The molecule has 82 valence electrons. The second kappa shape index (κ2) is 6.17. The molecule has 0 bridgehead atoms. The van der Waals surface area contributed by atoms with E-state index in [1.807, 2.05) is 0 Å². The molecule has 0 spiro atoms. The number of nitrogens with zero attached hydrogens (tertiary/aromatic N) is 2. The maximum Gasteiger partial charge on any atom is 0.0184 e. The Bertz CT molecular complexity index is 173.